The summed E-state index contributed by atoms with van der Waals surface area (Å²) in [6.07, 6.45) is -3.05. The highest BCUT2D eigenvalue weighted by Gasteiger charge is 2.34. The Kier molecular flexibility index (Phi) is 5.26. The minimum atomic E-state index is -4.55. The number of aromatic nitrogens is 3. The van der Waals surface area contributed by atoms with Crippen molar-refractivity contribution >= 4 is 23.4 Å². The lowest BCUT2D eigenvalue weighted by atomic mass is 10.1. The lowest BCUT2D eigenvalue weighted by Crippen LogP contribution is -2.24. The van der Waals surface area contributed by atoms with Crippen LogP contribution in [0, 0.1) is 0 Å². The Morgan fingerprint density at radius 3 is 2.63 bits per heavy atom. The van der Waals surface area contributed by atoms with E-state index in [9.17, 15) is 18.0 Å². The first-order valence-corrected chi connectivity index (χ1v) is 8.72. The SMILES string of the molecule is CC(Sc1nnc(-c2ccco2)n1C)C(=O)Nc1ccccc1C(F)(F)F. The van der Waals surface area contributed by atoms with Crippen LogP contribution in [0.4, 0.5) is 18.9 Å². The van der Waals surface area contributed by atoms with Crippen LogP contribution < -0.4 is 5.32 Å². The standard InChI is InChI=1S/C17H15F3N4O2S/c1-10(15(25)21-12-7-4-3-6-11(12)17(18,19)20)27-16-23-22-14(24(16)2)13-8-5-9-26-13/h3-10H,1-2H3,(H,21,25). The van der Waals surface area contributed by atoms with Crippen molar-refractivity contribution in [2.45, 2.75) is 23.5 Å². The summed E-state index contributed by atoms with van der Waals surface area (Å²) in [6.45, 7) is 1.58. The number of nitrogens with one attached hydrogen (secondary N) is 1. The minimum absolute atomic E-state index is 0.281. The lowest BCUT2D eigenvalue weighted by Gasteiger charge is -2.16. The van der Waals surface area contributed by atoms with E-state index in [1.165, 1.54) is 24.5 Å². The number of alkyl halides is 3. The van der Waals surface area contributed by atoms with Crippen LogP contribution >= 0.6 is 11.8 Å². The van der Waals surface area contributed by atoms with E-state index >= 15 is 0 Å². The van der Waals surface area contributed by atoms with E-state index in [1.807, 2.05) is 0 Å². The molecule has 2 heterocycles. The molecular weight excluding hydrogens is 381 g/mol. The molecule has 1 atom stereocenters. The summed E-state index contributed by atoms with van der Waals surface area (Å²) in [6, 6.07) is 8.28. The Hall–Kier alpha value is -2.75. The van der Waals surface area contributed by atoms with E-state index in [4.69, 9.17) is 4.42 Å². The van der Waals surface area contributed by atoms with Gasteiger partial charge in [0.05, 0.1) is 22.8 Å². The van der Waals surface area contributed by atoms with Crippen LogP contribution in [0.1, 0.15) is 12.5 Å². The van der Waals surface area contributed by atoms with Gasteiger partial charge in [0.1, 0.15) is 0 Å². The molecule has 3 rings (SSSR count). The zero-order valence-electron chi connectivity index (χ0n) is 14.3. The van der Waals surface area contributed by atoms with Crippen LogP contribution in [0.25, 0.3) is 11.6 Å². The van der Waals surface area contributed by atoms with E-state index in [-0.39, 0.29) is 5.69 Å². The average Bonchev–Trinajstić information content (AvgIpc) is 3.25. The van der Waals surface area contributed by atoms with Gasteiger partial charge in [0.15, 0.2) is 16.7 Å². The number of benzene rings is 1. The highest BCUT2D eigenvalue weighted by molar-refractivity contribution is 8.00. The van der Waals surface area contributed by atoms with Gasteiger partial charge in [0, 0.05) is 7.05 Å². The number of para-hydroxylation sites is 1. The molecule has 0 bridgehead atoms. The van der Waals surface area contributed by atoms with Crippen LogP contribution in [0.2, 0.25) is 0 Å². The van der Waals surface area contributed by atoms with Crippen molar-refractivity contribution in [1.82, 2.24) is 14.8 Å². The molecule has 0 saturated heterocycles. The first-order chi connectivity index (χ1) is 12.8. The lowest BCUT2D eigenvalue weighted by molar-refractivity contribution is -0.137. The molecule has 0 fully saturated rings. The maximum atomic E-state index is 13.0. The van der Waals surface area contributed by atoms with Gasteiger partial charge in [-0.05, 0) is 31.2 Å². The van der Waals surface area contributed by atoms with E-state index in [1.54, 1.807) is 30.7 Å². The van der Waals surface area contributed by atoms with Crippen molar-refractivity contribution in [1.29, 1.82) is 0 Å². The maximum absolute atomic E-state index is 13.0. The number of carbonyl (C=O) groups is 1. The van der Waals surface area contributed by atoms with Crippen molar-refractivity contribution < 1.29 is 22.4 Å². The second-order valence-electron chi connectivity index (χ2n) is 5.64. The Balaban J connectivity index is 1.73. The minimum Gasteiger partial charge on any atom is -0.461 e. The smallest absolute Gasteiger partial charge is 0.418 e. The van der Waals surface area contributed by atoms with E-state index in [0.29, 0.717) is 16.7 Å². The van der Waals surface area contributed by atoms with Crippen LogP contribution in [0.3, 0.4) is 0 Å². The number of halogens is 3. The molecule has 0 aliphatic heterocycles. The quantitative estimate of drug-likeness (QED) is 0.654. The van der Waals surface area contributed by atoms with Crippen molar-refractivity contribution in [2.24, 2.45) is 7.05 Å². The van der Waals surface area contributed by atoms with Gasteiger partial charge in [-0.25, -0.2) is 0 Å². The molecule has 0 aliphatic rings. The molecule has 1 N–H and O–H groups in total. The van der Waals surface area contributed by atoms with Crippen LogP contribution in [0.5, 0.6) is 0 Å². The zero-order valence-corrected chi connectivity index (χ0v) is 15.1. The monoisotopic (exact) mass is 396 g/mol. The Bertz CT molecular complexity index is 938. The number of hydrogen-bond donors (Lipinski definition) is 1. The van der Waals surface area contributed by atoms with Gasteiger partial charge in [-0.1, -0.05) is 23.9 Å². The summed E-state index contributed by atoms with van der Waals surface area (Å²) in [5, 5.41) is 10.1. The number of amides is 1. The van der Waals surface area contributed by atoms with Crippen LogP contribution in [-0.2, 0) is 18.0 Å². The Morgan fingerprint density at radius 1 is 1.22 bits per heavy atom. The second kappa shape index (κ2) is 7.47. The number of hydrogen-bond acceptors (Lipinski definition) is 5. The van der Waals surface area contributed by atoms with Gasteiger partial charge < -0.3 is 14.3 Å². The van der Waals surface area contributed by atoms with Crippen LogP contribution in [0.15, 0.2) is 52.2 Å². The predicted molar refractivity (Wildman–Crippen MR) is 94.1 cm³/mol. The number of rotatable bonds is 5. The molecule has 1 unspecified atom stereocenters. The molecule has 10 heteroatoms. The maximum Gasteiger partial charge on any atom is 0.418 e. The number of carbonyl (C=O) groups excluding carboxylic acids is 1. The van der Waals surface area contributed by atoms with Gasteiger partial charge in [-0.2, -0.15) is 13.2 Å². The van der Waals surface area contributed by atoms with Crippen LogP contribution in [-0.4, -0.2) is 25.9 Å². The third kappa shape index (κ3) is 4.16. The number of anilines is 1. The summed E-state index contributed by atoms with van der Waals surface area (Å²) in [4.78, 5) is 12.4. The fraction of sp³-hybridized carbons (Fsp3) is 0.235. The molecule has 2 aromatic heterocycles. The van der Waals surface area contributed by atoms with Gasteiger partial charge in [0.2, 0.25) is 5.91 Å². The fourth-order valence-electron chi connectivity index (χ4n) is 2.32. The molecule has 0 spiro atoms. The highest BCUT2D eigenvalue weighted by atomic mass is 32.2. The summed E-state index contributed by atoms with van der Waals surface area (Å²) < 4.78 is 46.1. The van der Waals surface area contributed by atoms with Crippen molar-refractivity contribution in [3.05, 3.63) is 48.2 Å². The fourth-order valence-corrected chi connectivity index (χ4v) is 3.14. The molecular formula is C17H15F3N4O2S. The molecule has 27 heavy (non-hydrogen) atoms. The third-order valence-electron chi connectivity index (χ3n) is 3.72. The molecule has 3 aromatic rings. The molecule has 1 amide bonds. The number of thioether (sulfide) groups is 1. The molecule has 0 radical (unpaired) electrons. The first-order valence-electron chi connectivity index (χ1n) is 7.84. The van der Waals surface area contributed by atoms with Gasteiger partial charge in [-0.15, -0.1) is 10.2 Å². The second-order valence-corrected chi connectivity index (χ2v) is 6.94. The first kappa shape index (κ1) is 19.0. The molecule has 6 nitrogen and oxygen atoms in total. The van der Waals surface area contributed by atoms with Gasteiger partial charge >= 0.3 is 6.18 Å². The van der Waals surface area contributed by atoms with E-state index < -0.39 is 22.9 Å². The number of nitrogens with zero attached hydrogens (tertiary/aromatic N) is 3. The van der Waals surface area contributed by atoms with Crippen molar-refractivity contribution in [2.75, 3.05) is 5.32 Å². The van der Waals surface area contributed by atoms with E-state index in [0.717, 1.165) is 17.8 Å². The molecule has 0 aliphatic carbocycles. The molecule has 0 saturated carbocycles. The van der Waals surface area contributed by atoms with Crippen molar-refractivity contribution in [3.63, 3.8) is 0 Å². The molecule has 142 valence electrons. The Morgan fingerprint density at radius 2 is 1.96 bits per heavy atom. The van der Waals surface area contributed by atoms with E-state index in [2.05, 4.69) is 15.5 Å². The summed E-state index contributed by atoms with van der Waals surface area (Å²) in [7, 11) is 1.71. The van der Waals surface area contributed by atoms with Crippen molar-refractivity contribution in [3.8, 4) is 11.6 Å². The summed E-state index contributed by atoms with van der Waals surface area (Å²) in [5.41, 5.74) is -1.17. The molecule has 1 aromatic carbocycles. The topological polar surface area (TPSA) is 73.0 Å². The normalized spacial score (nSPS) is 12.8. The highest BCUT2D eigenvalue weighted by Crippen LogP contribution is 2.35. The average molecular weight is 396 g/mol. The third-order valence-corrected chi connectivity index (χ3v) is 4.85. The largest absolute Gasteiger partial charge is 0.461 e. The summed E-state index contributed by atoms with van der Waals surface area (Å²) >= 11 is 1.08. The summed E-state index contributed by atoms with van der Waals surface area (Å²) in [5.74, 6) is 0.435. The predicted octanol–water partition coefficient (Wildman–Crippen LogP) is 4.21. The zero-order chi connectivity index (χ0) is 19.6. The van der Waals surface area contributed by atoms with Gasteiger partial charge in [0.25, 0.3) is 0 Å². The van der Waals surface area contributed by atoms with Gasteiger partial charge in [-0.3, -0.25) is 4.79 Å². The number of furan rings is 1. The Labute approximate surface area is 156 Å².